The second-order valence-corrected chi connectivity index (χ2v) is 13.8. The molecule has 3 heterocycles. The van der Waals surface area contributed by atoms with Crippen LogP contribution in [0.5, 0.6) is 0 Å². The molecule has 5 rings (SSSR count). The minimum Gasteiger partial charge on any atom is -0.452 e. The Balaban J connectivity index is 1.35. The van der Waals surface area contributed by atoms with Crippen LogP contribution < -0.4 is 0 Å². The van der Waals surface area contributed by atoms with Crippen molar-refractivity contribution in [3.63, 3.8) is 0 Å². The van der Waals surface area contributed by atoms with Crippen LogP contribution in [0.4, 0.5) is 9.59 Å². The molecule has 2 bridgehead atoms. The van der Waals surface area contributed by atoms with Gasteiger partial charge >= 0.3 is 26.6 Å². The highest BCUT2D eigenvalue weighted by Crippen LogP contribution is 2.57. The lowest BCUT2D eigenvalue weighted by atomic mass is 9.96. The largest absolute Gasteiger partial charge is 0.452 e. The van der Waals surface area contributed by atoms with Crippen molar-refractivity contribution >= 4 is 34.5 Å². The molecule has 0 aromatic heterocycles. The van der Waals surface area contributed by atoms with Gasteiger partial charge in [0.2, 0.25) is 0 Å². The van der Waals surface area contributed by atoms with E-state index < -0.39 is 69.7 Å². The summed E-state index contributed by atoms with van der Waals surface area (Å²) in [4.78, 5) is 26.2. The van der Waals surface area contributed by atoms with E-state index in [1.54, 1.807) is 55.5 Å². The molecule has 0 spiro atoms. The molecule has 2 aromatic rings. The van der Waals surface area contributed by atoms with Crippen LogP contribution in [0, 0.1) is 0 Å². The van der Waals surface area contributed by atoms with E-state index in [2.05, 4.69) is 0 Å². The van der Waals surface area contributed by atoms with E-state index in [0.29, 0.717) is 11.1 Å². The Hall–Kier alpha value is -2.34. The van der Waals surface area contributed by atoms with Gasteiger partial charge in [-0.3, -0.25) is 18.1 Å². The quantitative estimate of drug-likeness (QED) is 0.305. The molecule has 0 amide bonds. The average Bonchev–Trinajstić information content (AvgIpc) is 3.52. The van der Waals surface area contributed by atoms with Crippen molar-refractivity contribution in [3.8, 4) is 0 Å². The number of hydrogen-bond acceptors (Lipinski definition) is 12. The normalized spacial score (nSPS) is 35.2. The number of carbonyl (C=O) groups excluding carboxylic acids is 2. The maximum absolute atomic E-state index is 13.9. The second-order valence-electron chi connectivity index (χ2n) is 10.1. The first kappa shape index (κ1) is 31.1. The van der Waals surface area contributed by atoms with Crippen LogP contribution >= 0.6 is 15.2 Å². The topological polar surface area (TPSA) is 142 Å². The molecule has 0 aliphatic carbocycles. The smallest absolute Gasteiger partial charge is 0.438 e. The van der Waals surface area contributed by atoms with Crippen LogP contribution in [0.1, 0.15) is 30.9 Å². The Morgan fingerprint density at radius 2 is 1.29 bits per heavy atom. The first-order chi connectivity index (χ1) is 20.1. The molecule has 3 aliphatic rings. The lowest BCUT2D eigenvalue weighted by molar-refractivity contribution is -0.0195. The maximum atomic E-state index is 13.9. The highest BCUT2D eigenvalue weighted by molar-refractivity contribution is 7.71. The highest BCUT2D eigenvalue weighted by Gasteiger charge is 2.50. The standard InChI is InChI=1S/C27H31BO12P2/c1-18-22-12-21(37-18)16-35-41(31,26(29)33-14-19-8-4-2-5-9-19)40-23-13-25(28)38-24(23)17-36-42(32,39-22)27(30)34-15-20-10-6-3-7-11-20/h2-11,18,21-25H,12-17H2,1H3/t18-,21-,22+,23-,24+,25+,41?,42?/m0/s1. The SMILES string of the molecule is [B][C@H]1C[C@@H]2OP(=O)(C(=O)OCc3ccccc3)OC[C@@H]3C[C@@H](OP(=O)(C(=O)OCc4ccccc4)OC[C@H]2O1)[C@H](C)O3. The Kier molecular flexibility index (Phi) is 10.0. The van der Waals surface area contributed by atoms with Crippen LogP contribution in [0.25, 0.3) is 0 Å². The molecule has 2 unspecified atom stereocenters. The monoisotopic (exact) mass is 620 g/mol. The third-order valence-electron chi connectivity index (χ3n) is 6.90. The summed E-state index contributed by atoms with van der Waals surface area (Å²) in [5.74, 6) is 0. The summed E-state index contributed by atoms with van der Waals surface area (Å²) in [5.41, 5.74) is -1.05. The highest BCUT2D eigenvalue weighted by atomic mass is 31.2. The van der Waals surface area contributed by atoms with Crippen molar-refractivity contribution in [2.75, 3.05) is 13.2 Å². The summed E-state index contributed by atoms with van der Waals surface area (Å²) in [5, 5.41) is 0. The molecule has 12 nitrogen and oxygen atoms in total. The number of ether oxygens (including phenoxy) is 4. The Morgan fingerprint density at radius 1 is 0.762 bits per heavy atom. The molecule has 0 saturated carbocycles. The molecule has 3 fully saturated rings. The van der Waals surface area contributed by atoms with Crippen molar-refractivity contribution in [3.05, 3.63) is 71.8 Å². The lowest BCUT2D eigenvalue weighted by Gasteiger charge is -2.26. The van der Waals surface area contributed by atoms with Gasteiger partial charge < -0.3 is 18.9 Å². The van der Waals surface area contributed by atoms with E-state index in [-0.39, 0.29) is 32.7 Å². The van der Waals surface area contributed by atoms with Crippen molar-refractivity contribution < 1.29 is 55.8 Å². The summed E-state index contributed by atoms with van der Waals surface area (Å²) >= 11 is 0. The first-order valence-corrected chi connectivity index (χ1v) is 16.6. The van der Waals surface area contributed by atoms with Crippen molar-refractivity contribution in [1.82, 2.24) is 0 Å². The van der Waals surface area contributed by atoms with Gasteiger partial charge in [0, 0.05) is 12.4 Å². The number of fused-ring (bicyclic) bond motifs is 3. The number of hydrogen-bond donors (Lipinski definition) is 0. The van der Waals surface area contributed by atoms with Gasteiger partial charge in [0.15, 0.2) is 0 Å². The van der Waals surface area contributed by atoms with Gasteiger partial charge in [-0.25, -0.2) is 18.7 Å². The van der Waals surface area contributed by atoms with Crippen LogP contribution in [-0.2, 0) is 59.4 Å². The molecule has 0 N–H and O–H groups in total. The van der Waals surface area contributed by atoms with Gasteiger partial charge in [-0.1, -0.05) is 60.7 Å². The van der Waals surface area contributed by atoms with Crippen LogP contribution in [-0.4, -0.2) is 69.0 Å². The zero-order chi connectivity index (χ0) is 29.7. The van der Waals surface area contributed by atoms with E-state index >= 15 is 0 Å². The minimum atomic E-state index is -4.59. The fourth-order valence-electron chi connectivity index (χ4n) is 4.70. The van der Waals surface area contributed by atoms with Gasteiger partial charge in [0.05, 0.1) is 37.6 Å². The predicted molar refractivity (Wildman–Crippen MR) is 148 cm³/mol. The van der Waals surface area contributed by atoms with Gasteiger partial charge in [0.1, 0.15) is 27.2 Å². The molecule has 2 radical (unpaired) electrons. The van der Waals surface area contributed by atoms with Crippen molar-refractivity contribution in [2.24, 2.45) is 0 Å². The van der Waals surface area contributed by atoms with Crippen molar-refractivity contribution in [2.45, 2.75) is 69.5 Å². The first-order valence-electron chi connectivity index (χ1n) is 13.5. The Morgan fingerprint density at radius 3 is 1.86 bits per heavy atom. The summed E-state index contributed by atoms with van der Waals surface area (Å²) in [6.45, 7) is 0.477. The molecular weight excluding hydrogens is 589 g/mol. The predicted octanol–water partition coefficient (Wildman–Crippen LogP) is 5.32. The summed E-state index contributed by atoms with van der Waals surface area (Å²) < 4.78 is 72.5. The molecule has 2 aromatic carbocycles. The van der Waals surface area contributed by atoms with E-state index in [9.17, 15) is 18.7 Å². The third kappa shape index (κ3) is 7.59. The van der Waals surface area contributed by atoms with Crippen LogP contribution in [0.15, 0.2) is 60.7 Å². The molecule has 224 valence electrons. The molecule has 15 heteroatoms. The molecule has 3 saturated heterocycles. The van der Waals surface area contributed by atoms with E-state index in [4.69, 9.17) is 44.9 Å². The third-order valence-corrected chi connectivity index (χ3v) is 10.1. The second kappa shape index (κ2) is 13.5. The molecule has 3 aliphatic heterocycles. The minimum absolute atomic E-state index is 0.00343. The van der Waals surface area contributed by atoms with Gasteiger partial charge in [-0.15, -0.1) is 0 Å². The zero-order valence-corrected chi connectivity index (χ0v) is 24.6. The molecule has 8 atom stereocenters. The summed E-state index contributed by atoms with van der Waals surface area (Å²) in [6, 6.07) is 16.8. The summed E-state index contributed by atoms with van der Waals surface area (Å²) in [6.07, 6.45) is -4.36. The number of carbonyl (C=O) groups is 2. The van der Waals surface area contributed by atoms with E-state index in [1.807, 2.05) is 12.1 Å². The lowest BCUT2D eigenvalue weighted by Crippen LogP contribution is -2.31. The van der Waals surface area contributed by atoms with Crippen LogP contribution in [0.3, 0.4) is 0 Å². The number of benzene rings is 2. The Bertz CT molecular complexity index is 1270. The average molecular weight is 620 g/mol. The number of rotatable bonds is 6. The Labute approximate surface area is 244 Å². The van der Waals surface area contributed by atoms with Crippen molar-refractivity contribution in [1.29, 1.82) is 0 Å². The van der Waals surface area contributed by atoms with E-state index in [0.717, 1.165) is 0 Å². The molecule has 42 heavy (non-hydrogen) atoms. The fourth-order valence-corrected chi connectivity index (χ4v) is 7.55. The van der Waals surface area contributed by atoms with Gasteiger partial charge in [0.25, 0.3) is 0 Å². The molecular formula is C27H31BO12P2. The fraction of sp³-hybridized carbons (Fsp3) is 0.481. The van der Waals surface area contributed by atoms with Crippen LogP contribution in [0.2, 0.25) is 0 Å². The van der Waals surface area contributed by atoms with E-state index in [1.165, 1.54) is 0 Å². The van der Waals surface area contributed by atoms with Gasteiger partial charge in [-0.05, 0) is 24.5 Å². The van der Waals surface area contributed by atoms with Gasteiger partial charge in [-0.2, -0.15) is 0 Å². The maximum Gasteiger partial charge on any atom is 0.438 e. The summed E-state index contributed by atoms with van der Waals surface area (Å²) in [7, 11) is -3.20. The zero-order valence-electron chi connectivity index (χ0n) is 22.9.